The Morgan fingerprint density at radius 3 is 2.80 bits per heavy atom. The Kier molecular flexibility index (Phi) is 3.67. The number of ether oxygens (including phenoxy) is 1. The van der Waals surface area contributed by atoms with Crippen LogP contribution in [0.5, 0.6) is 5.75 Å². The summed E-state index contributed by atoms with van der Waals surface area (Å²) in [7, 11) is 0. The van der Waals surface area contributed by atoms with Gasteiger partial charge in [0, 0.05) is 6.42 Å². The van der Waals surface area contributed by atoms with Crippen LogP contribution in [0.4, 0.5) is 5.69 Å². The third-order valence-electron chi connectivity index (χ3n) is 3.16. The lowest BCUT2D eigenvalue weighted by atomic mass is 10.0. The predicted octanol–water partition coefficient (Wildman–Crippen LogP) is 2.10. The number of benzene rings is 1. The number of hydrogen-bond acceptors (Lipinski definition) is 4. The van der Waals surface area contributed by atoms with E-state index < -0.39 is 17.5 Å². The van der Waals surface area contributed by atoms with Crippen molar-refractivity contribution in [2.45, 2.75) is 38.7 Å². The highest BCUT2D eigenvalue weighted by molar-refractivity contribution is 6.02. The van der Waals surface area contributed by atoms with E-state index in [-0.39, 0.29) is 12.1 Å². The topological polar surface area (TPSA) is 89.9 Å². The molecule has 0 bridgehead atoms. The van der Waals surface area contributed by atoms with Gasteiger partial charge in [-0.2, -0.15) is 0 Å². The van der Waals surface area contributed by atoms with E-state index >= 15 is 0 Å². The van der Waals surface area contributed by atoms with Gasteiger partial charge in [0.05, 0.1) is 5.69 Å². The van der Waals surface area contributed by atoms with Crippen LogP contribution < -0.4 is 9.80 Å². The number of anilines is 1. The Morgan fingerprint density at radius 2 is 2.15 bits per heavy atom. The van der Waals surface area contributed by atoms with Gasteiger partial charge in [-0.05, 0) is 44.4 Å². The second-order valence-corrected chi connectivity index (χ2v) is 5.26. The van der Waals surface area contributed by atoms with Crippen molar-refractivity contribution in [2.75, 3.05) is 5.06 Å². The van der Waals surface area contributed by atoms with E-state index in [1.807, 2.05) is 0 Å². The molecular formula is C14H16NO5-. The molecule has 2 rings (SSSR count). The summed E-state index contributed by atoms with van der Waals surface area (Å²) >= 11 is 0. The summed E-state index contributed by atoms with van der Waals surface area (Å²) in [6.45, 7) is 3.09. The molecule has 0 radical (unpaired) electrons. The van der Waals surface area contributed by atoms with Crippen molar-refractivity contribution in [2.24, 2.45) is 0 Å². The zero-order chi connectivity index (χ0) is 14.9. The molecule has 0 atom stereocenters. The molecule has 108 valence electrons. The van der Waals surface area contributed by atoms with Crippen LogP contribution in [0.25, 0.3) is 0 Å². The smallest absolute Gasteiger partial charge is 0.303 e. The fraction of sp³-hybridized carbons (Fsp3) is 0.429. The molecule has 1 amide bonds. The van der Waals surface area contributed by atoms with Gasteiger partial charge in [0.2, 0.25) is 0 Å². The normalized spacial score (nSPS) is 16.6. The molecule has 0 fully saturated rings. The zero-order valence-electron chi connectivity index (χ0n) is 11.4. The Morgan fingerprint density at radius 1 is 1.45 bits per heavy atom. The monoisotopic (exact) mass is 278 g/mol. The number of carbonyl (C=O) groups is 2. The molecule has 0 spiro atoms. The highest BCUT2D eigenvalue weighted by atomic mass is 16.6. The van der Waals surface area contributed by atoms with Crippen LogP contribution in [0.1, 0.15) is 32.3 Å². The van der Waals surface area contributed by atoms with E-state index in [1.54, 1.807) is 32.0 Å². The fourth-order valence-corrected chi connectivity index (χ4v) is 2.08. The second kappa shape index (κ2) is 5.13. The van der Waals surface area contributed by atoms with Gasteiger partial charge >= 0.3 is 5.97 Å². The zero-order valence-corrected chi connectivity index (χ0v) is 11.4. The molecule has 1 aromatic rings. The van der Waals surface area contributed by atoms with Crippen LogP contribution in [0.15, 0.2) is 18.2 Å². The number of aliphatic carboxylic acids is 1. The molecule has 1 N–H and O–H groups in total. The molecular weight excluding hydrogens is 262 g/mol. The van der Waals surface area contributed by atoms with Crippen molar-refractivity contribution in [1.82, 2.24) is 0 Å². The first-order valence-electron chi connectivity index (χ1n) is 6.37. The van der Waals surface area contributed by atoms with E-state index in [9.17, 15) is 14.8 Å². The van der Waals surface area contributed by atoms with Gasteiger partial charge in [-0.15, -0.1) is 0 Å². The van der Waals surface area contributed by atoms with Gasteiger partial charge in [-0.3, -0.25) is 9.59 Å². The van der Waals surface area contributed by atoms with Gasteiger partial charge in [0.25, 0.3) is 5.91 Å². The first kappa shape index (κ1) is 14.3. The van der Waals surface area contributed by atoms with Gasteiger partial charge in [-0.25, -0.2) is 0 Å². The number of nitrogens with zero attached hydrogens (tertiary/aromatic N) is 1. The summed E-state index contributed by atoms with van der Waals surface area (Å²) in [5.74, 6) is -1.13. The molecule has 0 aromatic heterocycles. The molecule has 0 aliphatic carbocycles. The lowest BCUT2D eigenvalue weighted by Crippen LogP contribution is -2.50. The molecule has 1 heterocycles. The van der Waals surface area contributed by atoms with Crippen molar-refractivity contribution in [3.63, 3.8) is 0 Å². The first-order chi connectivity index (χ1) is 9.31. The number of hydroxylamine groups is 1. The Labute approximate surface area is 116 Å². The third-order valence-corrected chi connectivity index (χ3v) is 3.16. The molecule has 20 heavy (non-hydrogen) atoms. The van der Waals surface area contributed by atoms with E-state index in [4.69, 9.17) is 9.84 Å². The van der Waals surface area contributed by atoms with E-state index in [0.717, 1.165) is 5.56 Å². The van der Waals surface area contributed by atoms with Gasteiger partial charge in [0.1, 0.15) is 5.75 Å². The molecule has 1 aromatic carbocycles. The third kappa shape index (κ3) is 2.75. The van der Waals surface area contributed by atoms with E-state index in [1.165, 1.54) is 0 Å². The highest BCUT2D eigenvalue weighted by Crippen LogP contribution is 2.37. The second-order valence-electron chi connectivity index (χ2n) is 5.26. The average molecular weight is 278 g/mol. The van der Waals surface area contributed by atoms with Crippen molar-refractivity contribution in [1.29, 1.82) is 0 Å². The molecule has 6 nitrogen and oxygen atoms in total. The SMILES string of the molecule is CC1(C)Oc2ccc(CCCC(=O)O)cc2N([O-])C1=O. The highest BCUT2D eigenvalue weighted by Gasteiger charge is 2.37. The number of rotatable bonds is 4. The van der Waals surface area contributed by atoms with Crippen LogP contribution in [-0.2, 0) is 16.0 Å². The summed E-state index contributed by atoms with van der Waals surface area (Å²) in [5, 5.41) is 20.9. The lowest BCUT2D eigenvalue weighted by Gasteiger charge is -2.42. The van der Waals surface area contributed by atoms with Crippen molar-refractivity contribution in [3.05, 3.63) is 29.0 Å². The Hall–Kier alpha value is -2.08. The summed E-state index contributed by atoms with van der Waals surface area (Å²) in [6, 6.07) is 5.00. The molecule has 0 unspecified atom stereocenters. The predicted molar refractivity (Wildman–Crippen MR) is 72.6 cm³/mol. The van der Waals surface area contributed by atoms with E-state index in [0.29, 0.717) is 23.7 Å². The molecule has 0 saturated heterocycles. The maximum atomic E-state index is 12.0. The van der Waals surface area contributed by atoms with Crippen LogP contribution in [-0.4, -0.2) is 22.6 Å². The number of amides is 1. The number of carboxylic acids is 1. The number of aryl methyl sites for hydroxylation is 1. The average Bonchev–Trinajstić information content (AvgIpc) is 2.36. The fourth-order valence-electron chi connectivity index (χ4n) is 2.08. The number of fused-ring (bicyclic) bond motifs is 1. The van der Waals surface area contributed by atoms with Crippen molar-refractivity contribution in [3.8, 4) is 5.75 Å². The number of carboxylic acid groups (broad SMARTS) is 1. The number of carbonyl (C=O) groups excluding carboxylic acids is 1. The minimum Gasteiger partial charge on any atom is -0.752 e. The van der Waals surface area contributed by atoms with Gasteiger partial charge in [0.15, 0.2) is 5.60 Å². The largest absolute Gasteiger partial charge is 0.752 e. The summed E-state index contributed by atoms with van der Waals surface area (Å²) in [5.41, 5.74) is -0.177. The molecule has 1 aliphatic rings. The number of hydrogen-bond donors (Lipinski definition) is 1. The standard InChI is InChI=1S/C14H16NO5/c1-14(2)13(18)15(19)10-8-9(4-3-5-12(16)17)6-7-11(10)20-14/h6-8H,3-5H2,1-2H3,(H,16,17)/q-1. The quantitative estimate of drug-likeness (QED) is 0.910. The van der Waals surface area contributed by atoms with Gasteiger partial charge in [-0.1, -0.05) is 6.07 Å². The summed E-state index contributed by atoms with van der Waals surface area (Å²) in [4.78, 5) is 22.3. The van der Waals surface area contributed by atoms with Gasteiger partial charge < -0.3 is 20.1 Å². The molecule has 1 aliphatic heterocycles. The molecule has 6 heteroatoms. The van der Waals surface area contributed by atoms with Crippen LogP contribution in [0.2, 0.25) is 0 Å². The minimum absolute atomic E-state index is 0.0701. The van der Waals surface area contributed by atoms with Crippen LogP contribution in [0.3, 0.4) is 0 Å². The lowest BCUT2D eigenvalue weighted by molar-refractivity contribution is -0.137. The van der Waals surface area contributed by atoms with Crippen molar-refractivity contribution < 1.29 is 19.4 Å². The van der Waals surface area contributed by atoms with Crippen LogP contribution in [0, 0.1) is 5.21 Å². The minimum atomic E-state index is -1.17. The first-order valence-corrected chi connectivity index (χ1v) is 6.37. The Bertz CT molecular complexity index is 552. The molecule has 0 saturated carbocycles. The maximum Gasteiger partial charge on any atom is 0.303 e. The Balaban J connectivity index is 2.19. The van der Waals surface area contributed by atoms with Crippen molar-refractivity contribution >= 4 is 17.6 Å². The summed E-state index contributed by atoms with van der Waals surface area (Å²) in [6.07, 6.45) is 1.08. The maximum absolute atomic E-state index is 12.0. The summed E-state index contributed by atoms with van der Waals surface area (Å²) < 4.78 is 5.51. The van der Waals surface area contributed by atoms with E-state index in [2.05, 4.69) is 0 Å². The van der Waals surface area contributed by atoms with Crippen LogP contribution >= 0.6 is 0 Å².